The van der Waals surface area contributed by atoms with Crippen LogP contribution in [0.3, 0.4) is 0 Å². The molecule has 1 saturated carbocycles. The Hall–Kier alpha value is -3.20. The van der Waals surface area contributed by atoms with E-state index in [2.05, 4.69) is 5.32 Å². The normalized spacial score (nSPS) is 12.9. The van der Waals surface area contributed by atoms with Gasteiger partial charge >= 0.3 is 5.97 Å². The smallest absolute Gasteiger partial charge is 0.339 e. The Morgan fingerprint density at radius 3 is 2.48 bits per heavy atom. The Morgan fingerprint density at radius 1 is 1.17 bits per heavy atom. The van der Waals surface area contributed by atoms with Crippen LogP contribution in [-0.4, -0.2) is 41.5 Å². The Morgan fingerprint density at radius 2 is 1.86 bits per heavy atom. The standard InChI is InChI=1S/C20H18N2O6S/c1-29-17-9-6-12(10-16(17)22(26)27)19(24)14-4-2-3-5-15(14)20(25)28-11-18(23)21-13-7-8-13/h2-6,9-10,13H,7-8,11H2,1H3,(H,21,23). The molecule has 0 heterocycles. The quantitative estimate of drug-likeness (QED) is 0.232. The summed E-state index contributed by atoms with van der Waals surface area (Å²) < 4.78 is 5.03. The molecule has 1 amide bonds. The highest BCUT2D eigenvalue weighted by molar-refractivity contribution is 7.98. The van der Waals surface area contributed by atoms with Crippen molar-refractivity contribution in [2.45, 2.75) is 23.8 Å². The molecule has 0 radical (unpaired) electrons. The Labute approximate surface area is 170 Å². The van der Waals surface area contributed by atoms with E-state index in [1.807, 2.05) is 0 Å². The first-order valence-corrected chi connectivity index (χ1v) is 10.1. The SMILES string of the molecule is CSc1ccc(C(=O)c2ccccc2C(=O)OCC(=O)NC2CC2)cc1[N+](=O)[O-]. The van der Waals surface area contributed by atoms with Crippen molar-refractivity contribution in [2.75, 3.05) is 12.9 Å². The van der Waals surface area contributed by atoms with Crippen LogP contribution in [0.15, 0.2) is 47.4 Å². The van der Waals surface area contributed by atoms with Gasteiger partial charge in [-0.1, -0.05) is 18.2 Å². The molecule has 8 nitrogen and oxygen atoms in total. The fraction of sp³-hybridized carbons (Fsp3) is 0.250. The molecule has 0 saturated heterocycles. The number of nitro benzene ring substituents is 1. The van der Waals surface area contributed by atoms with Crippen molar-refractivity contribution in [3.63, 3.8) is 0 Å². The number of nitrogens with zero attached hydrogens (tertiary/aromatic N) is 1. The third kappa shape index (κ3) is 5.00. The second-order valence-corrected chi connectivity index (χ2v) is 7.28. The van der Waals surface area contributed by atoms with Gasteiger partial charge in [0.15, 0.2) is 12.4 Å². The minimum absolute atomic E-state index is 0.00619. The van der Waals surface area contributed by atoms with Gasteiger partial charge in [0, 0.05) is 23.2 Å². The average Bonchev–Trinajstić information content (AvgIpc) is 3.54. The van der Waals surface area contributed by atoms with Crippen molar-refractivity contribution in [1.29, 1.82) is 0 Å². The molecule has 9 heteroatoms. The molecule has 29 heavy (non-hydrogen) atoms. The number of ether oxygens (including phenoxy) is 1. The molecule has 3 rings (SSSR count). The molecule has 0 atom stereocenters. The van der Waals surface area contributed by atoms with E-state index >= 15 is 0 Å². The molecule has 0 spiro atoms. The molecular weight excluding hydrogens is 396 g/mol. The number of amides is 1. The zero-order chi connectivity index (χ0) is 21.0. The molecule has 0 unspecified atom stereocenters. The zero-order valence-corrected chi connectivity index (χ0v) is 16.4. The van der Waals surface area contributed by atoms with Crippen molar-refractivity contribution >= 4 is 35.1 Å². The topological polar surface area (TPSA) is 116 Å². The predicted molar refractivity (Wildman–Crippen MR) is 106 cm³/mol. The maximum absolute atomic E-state index is 12.9. The molecule has 2 aromatic rings. The van der Waals surface area contributed by atoms with Crippen LogP contribution in [0.1, 0.15) is 39.1 Å². The minimum atomic E-state index is -0.810. The number of nitro groups is 1. The highest BCUT2D eigenvalue weighted by Crippen LogP contribution is 2.29. The molecule has 150 valence electrons. The van der Waals surface area contributed by atoms with E-state index in [1.165, 1.54) is 42.1 Å². The van der Waals surface area contributed by atoms with Crippen molar-refractivity contribution in [3.8, 4) is 0 Å². The lowest BCUT2D eigenvalue weighted by molar-refractivity contribution is -0.387. The average molecular weight is 414 g/mol. The van der Waals surface area contributed by atoms with E-state index in [1.54, 1.807) is 18.4 Å². The van der Waals surface area contributed by atoms with Gasteiger partial charge in [-0.3, -0.25) is 19.7 Å². The summed E-state index contributed by atoms with van der Waals surface area (Å²) in [4.78, 5) is 48.2. The van der Waals surface area contributed by atoms with Gasteiger partial charge in [-0.25, -0.2) is 4.79 Å². The Kier molecular flexibility index (Phi) is 6.28. The molecular formula is C20H18N2O6S. The van der Waals surface area contributed by atoms with E-state index < -0.39 is 29.2 Å². The second kappa shape index (κ2) is 8.87. The summed E-state index contributed by atoms with van der Waals surface area (Å²) in [5, 5.41) is 14.0. The summed E-state index contributed by atoms with van der Waals surface area (Å²) >= 11 is 1.20. The maximum atomic E-state index is 12.9. The first-order chi connectivity index (χ1) is 13.9. The number of carbonyl (C=O) groups is 3. The lowest BCUT2D eigenvalue weighted by Gasteiger charge is -2.10. The van der Waals surface area contributed by atoms with Gasteiger partial charge in [0.1, 0.15) is 0 Å². The summed E-state index contributed by atoms with van der Waals surface area (Å²) in [6.45, 7) is -0.439. The van der Waals surface area contributed by atoms with Crippen molar-refractivity contribution in [1.82, 2.24) is 5.32 Å². The minimum Gasteiger partial charge on any atom is -0.452 e. The van der Waals surface area contributed by atoms with E-state index in [4.69, 9.17) is 4.74 Å². The van der Waals surface area contributed by atoms with E-state index in [0.717, 1.165) is 12.8 Å². The van der Waals surface area contributed by atoms with Gasteiger partial charge in [0.05, 0.1) is 15.4 Å². The van der Waals surface area contributed by atoms with E-state index in [0.29, 0.717) is 4.90 Å². The third-order valence-electron chi connectivity index (χ3n) is 4.31. The number of benzene rings is 2. The summed E-state index contributed by atoms with van der Waals surface area (Å²) in [6, 6.07) is 10.3. The van der Waals surface area contributed by atoms with Crippen LogP contribution in [-0.2, 0) is 9.53 Å². The summed E-state index contributed by atoms with van der Waals surface area (Å²) in [7, 11) is 0. The summed E-state index contributed by atoms with van der Waals surface area (Å²) in [6.07, 6.45) is 3.53. The zero-order valence-electron chi connectivity index (χ0n) is 15.5. The van der Waals surface area contributed by atoms with Crippen LogP contribution < -0.4 is 5.32 Å². The molecule has 1 aliphatic rings. The van der Waals surface area contributed by atoms with Gasteiger partial charge < -0.3 is 10.1 Å². The first-order valence-electron chi connectivity index (χ1n) is 8.83. The van der Waals surface area contributed by atoms with E-state index in [-0.39, 0.29) is 28.4 Å². The molecule has 1 N–H and O–H groups in total. The highest BCUT2D eigenvalue weighted by Gasteiger charge is 2.25. The first kappa shape index (κ1) is 20.5. The molecule has 1 fully saturated rings. The maximum Gasteiger partial charge on any atom is 0.339 e. The van der Waals surface area contributed by atoms with Gasteiger partial charge in [0.2, 0.25) is 0 Å². The Balaban J connectivity index is 1.81. The lowest BCUT2D eigenvalue weighted by atomic mass is 9.98. The van der Waals surface area contributed by atoms with Crippen molar-refractivity contribution < 1.29 is 24.0 Å². The highest BCUT2D eigenvalue weighted by atomic mass is 32.2. The largest absolute Gasteiger partial charge is 0.452 e. The molecule has 0 aliphatic heterocycles. The van der Waals surface area contributed by atoms with Crippen LogP contribution >= 0.6 is 11.8 Å². The number of esters is 1. The van der Waals surface area contributed by atoms with Crippen molar-refractivity contribution in [3.05, 3.63) is 69.3 Å². The predicted octanol–water partition coefficient (Wildman–Crippen LogP) is 2.98. The fourth-order valence-electron chi connectivity index (χ4n) is 2.69. The number of rotatable bonds is 8. The van der Waals surface area contributed by atoms with Crippen LogP contribution in [0.25, 0.3) is 0 Å². The summed E-state index contributed by atoms with van der Waals surface area (Å²) in [5.41, 5.74) is -0.0546. The summed E-state index contributed by atoms with van der Waals surface area (Å²) in [5.74, 6) is -1.75. The number of ketones is 1. The van der Waals surface area contributed by atoms with E-state index in [9.17, 15) is 24.5 Å². The number of hydrogen-bond donors (Lipinski definition) is 1. The number of thioether (sulfide) groups is 1. The van der Waals surface area contributed by atoms with Gasteiger partial charge in [-0.05, 0) is 37.3 Å². The van der Waals surface area contributed by atoms with Gasteiger partial charge in [0.25, 0.3) is 11.6 Å². The lowest BCUT2D eigenvalue weighted by Crippen LogP contribution is -2.30. The fourth-order valence-corrected chi connectivity index (χ4v) is 3.24. The number of nitrogens with one attached hydrogen (secondary N) is 1. The molecule has 1 aliphatic carbocycles. The van der Waals surface area contributed by atoms with Gasteiger partial charge in [-0.15, -0.1) is 11.8 Å². The van der Waals surface area contributed by atoms with Crippen LogP contribution in [0, 0.1) is 10.1 Å². The van der Waals surface area contributed by atoms with Crippen LogP contribution in [0.5, 0.6) is 0 Å². The molecule has 0 aromatic heterocycles. The number of carbonyl (C=O) groups excluding carboxylic acids is 3. The molecule has 2 aromatic carbocycles. The van der Waals surface area contributed by atoms with Crippen LogP contribution in [0.4, 0.5) is 5.69 Å². The van der Waals surface area contributed by atoms with Crippen LogP contribution in [0.2, 0.25) is 0 Å². The van der Waals surface area contributed by atoms with Crippen molar-refractivity contribution in [2.24, 2.45) is 0 Å². The van der Waals surface area contributed by atoms with Gasteiger partial charge in [-0.2, -0.15) is 0 Å². The monoisotopic (exact) mass is 414 g/mol. The third-order valence-corrected chi connectivity index (χ3v) is 5.09. The Bertz CT molecular complexity index is 987. The second-order valence-electron chi connectivity index (χ2n) is 6.44. The molecule has 0 bridgehead atoms. The number of hydrogen-bond acceptors (Lipinski definition) is 7.